The van der Waals surface area contributed by atoms with E-state index in [1.165, 1.54) is 11.8 Å². The maximum Gasteiger partial charge on any atom is 0.416 e. The molecular weight excluding hydrogens is 520 g/mol. The van der Waals surface area contributed by atoms with Crippen molar-refractivity contribution in [3.05, 3.63) is 46.5 Å². The monoisotopic (exact) mass is 551 g/mol. The van der Waals surface area contributed by atoms with Crippen LogP contribution in [0.2, 0.25) is 0 Å². The molecule has 2 aliphatic rings. The molecule has 0 aliphatic carbocycles. The van der Waals surface area contributed by atoms with Gasteiger partial charge in [0.15, 0.2) is 0 Å². The molecule has 1 N–H and O–H groups in total. The Morgan fingerprint density at radius 3 is 2.18 bits per heavy atom. The highest BCUT2D eigenvalue weighted by atomic mass is 19.4. The average molecular weight is 552 g/mol. The molecule has 13 heteroatoms. The first-order chi connectivity index (χ1) is 17.8. The number of amidine groups is 1. The fourth-order valence-corrected chi connectivity index (χ4v) is 4.80. The summed E-state index contributed by atoms with van der Waals surface area (Å²) in [6.45, 7) is 4.41. The Hall–Kier alpha value is -2.80. The summed E-state index contributed by atoms with van der Waals surface area (Å²) < 4.78 is 91.0. The number of benzene rings is 1. The molecule has 0 aromatic heterocycles. The average Bonchev–Trinajstić information content (AvgIpc) is 3.15. The first kappa shape index (κ1) is 29.8. The van der Waals surface area contributed by atoms with Gasteiger partial charge < -0.3 is 19.5 Å². The first-order valence-electron chi connectivity index (χ1n) is 12.2. The van der Waals surface area contributed by atoms with E-state index in [0.717, 1.165) is 0 Å². The zero-order valence-electron chi connectivity index (χ0n) is 21.3. The van der Waals surface area contributed by atoms with Crippen LogP contribution in [-0.4, -0.2) is 78.9 Å². The van der Waals surface area contributed by atoms with Crippen molar-refractivity contribution in [1.82, 2.24) is 9.80 Å². The number of aliphatic imine (C=N–C) groups is 1. The van der Waals surface area contributed by atoms with Gasteiger partial charge in [0.2, 0.25) is 0 Å². The molecule has 0 bridgehead atoms. The summed E-state index contributed by atoms with van der Waals surface area (Å²) in [4.78, 5) is 20.4. The molecule has 7 nitrogen and oxygen atoms in total. The zero-order valence-corrected chi connectivity index (χ0v) is 21.3. The summed E-state index contributed by atoms with van der Waals surface area (Å²) in [5.41, 5.74) is -2.76. The Morgan fingerprint density at radius 2 is 1.71 bits per heavy atom. The molecule has 1 aromatic rings. The smallest absolute Gasteiger partial charge is 0.416 e. The third-order valence-electron chi connectivity index (χ3n) is 6.76. The molecule has 0 spiro atoms. The number of hydrogen-bond acceptors (Lipinski definition) is 5. The van der Waals surface area contributed by atoms with Gasteiger partial charge >= 0.3 is 18.4 Å². The second-order valence-electron chi connectivity index (χ2n) is 9.13. The lowest BCUT2D eigenvalue weighted by atomic mass is 9.97. The summed E-state index contributed by atoms with van der Waals surface area (Å²) >= 11 is 0. The zero-order chi connectivity index (χ0) is 28.3. The summed E-state index contributed by atoms with van der Waals surface area (Å²) in [5.74, 6) is 0.523. The predicted molar refractivity (Wildman–Crippen MR) is 127 cm³/mol. The van der Waals surface area contributed by atoms with Gasteiger partial charge in [0.1, 0.15) is 11.9 Å². The second-order valence-corrected chi connectivity index (χ2v) is 9.13. The molecule has 2 atom stereocenters. The fraction of sp³-hybridized carbons (Fsp3) is 0.600. The van der Waals surface area contributed by atoms with Crippen molar-refractivity contribution in [2.24, 2.45) is 4.99 Å². The van der Waals surface area contributed by atoms with E-state index in [1.54, 1.807) is 20.0 Å². The molecule has 38 heavy (non-hydrogen) atoms. The van der Waals surface area contributed by atoms with Crippen molar-refractivity contribution in [3.8, 4) is 0 Å². The molecule has 2 heterocycles. The number of amides is 1. The third kappa shape index (κ3) is 6.60. The van der Waals surface area contributed by atoms with Crippen LogP contribution in [0.4, 0.5) is 31.1 Å². The molecular formula is C25H31F6N3O4. The largest absolute Gasteiger partial charge is 0.439 e. The van der Waals surface area contributed by atoms with Gasteiger partial charge in [0.05, 0.1) is 30.3 Å². The van der Waals surface area contributed by atoms with Gasteiger partial charge in [0.25, 0.3) is 0 Å². The number of ether oxygens (including phenoxy) is 2. The van der Waals surface area contributed by atoms with E-state index in [1.807, 2.05) is 4.90 Å². The molecule has 2 aliphatic heterocycles. The quantitative estimate of drug-likeness (QED) is 0.292. The Balaban J connectivity index is 1.89. The van der Waals surface area contributed by atoms with E-state index in [0.29, 0.717) is 49.6 Å². The van der Waals surface area contributed by atoms with Gasteiger partial charge in [0, 0.05) is 38.4 Å². The SMILES string of the molecule is CC=C(CN1C(=O)OC(c2cc(C(F)(F)F)cc(C(F)(F)F)c2)C1C)C(=NC)N(CCO)C1CCOCC1. The van der Waals surface area contributed by atoms with Gasteiger partial charge in [-0.15, -0.1) is 0 Å². The standard InChI is InChI=1S/C25H31F6N3O4/c1-4-16(22(32-3)33(7-8-35)20-5-9-37-10-6-20)14-34-15(2)21(38-23(34)36)17-11-18(24(26,27)28)13-19(12-17)25(29,30)31/h4,11-13,15,20-21,35H,5-10,14H2,1-3H3. The molecule has 212 valence electrons. The number of nitrogens with zero attached hydrogens (tertiary/aromatic N) is 3. The van der Waals surface area contributed by atoms with Crippen LogP contribution in [0, 0.1) is 0 Å². The second kappa shape index (κ2) is 11.9. The van der Waals surface area contributed by atoms with Crippen LogP contribution in [0.3, 0.4) is 0 Å². The lowest BCUT2D eigenvalue weighted by molar-refractivity contribution is -0.143. The normalized spacial score (nSPS) is 22.2. The number of allylic oxidation sites excluding steroid dienone is 1. The van der Waals surface area contributed by atoms with E-state index in [9.17, 15) is 36.2 Å². The Bertz CT molecular complexity index is 1020. The highest BCUT2D eigenvalue weighted by molar-refractivity contribution is 5.99. The van der Waals surface area contributed by atoms with E-state index in [4.69, 9.17) is 9.47 Å². The number of rotatable bonds is 7. The fourth-order valence-electron chi connectivity index (χ4n) is 4.80. The molecule has 3 rings (SSSR count). The van der Waals surface area contributed by atoms with Gasteiger partial charge in [-0.25, -0.2) is 4.79 Å². The Morgan fingerprint density at radius 1 is 1.13 bits per heavy atom. The van der Waals surface area contributed by atoms with Crippen LogP contribution in [-0.2, 0) is 21.8 Å². The van der Waals surface area contributed by atoms with Gasteiger partial charge in [-0.1, -0.05) is 6.08 Å². The molecule has 1 aromatic carbocycles. The summed E-state index contributed by atoms with van der Waals surface area (Å²) in [7, 11) is 1.57. The molecule has 0 radical (unpaired) electrons. The highest BCUT2D eigenvalue weighted by Crippen LogP contribution is 2.41. The highest BCUT2D eigenvalue weighted by Gasteiger charge is 2.44. The Labute approximate surface area is 216 Å². The molecule has 2 fully saturated rings. The van der Waals surface area contributed by atoms with Crippen molar-refractivity contribution in [3.63, 3.8) is 0 Å². The van der Waals surface area contributed by atoms with E-state index >= 15 is 0 Å². The van der Waals surface area contributed by atoms with Crippen LogP contribution in [0.25, 0.3) is 0 Å². The molecule has 1 amide bonds. The van der Waals surface area contributed by atoms with Crippen LogP contribution < -0.4 is 0 Å². The van der Waals surface area contributed by atoms with Crippen molar-refractivity contribution in [2.45, 2.75) is 57.2 Å². The topological polar surface area (TPSA) is 74.6 Å². The molecule has 2 unspecified atom stereocenters. The lowest BCUT2D eigenvalue weighted by Gasteiger charge is -2.37. The maximum atomic E-state index is 13.4. The number of aliphatic hydroxyl groups is 1. The number of aliphatic hydroxyl groups excluding tert-OH is 1. The number of halogens is 6. The van der Waals surface area contributed by atoms with Crippen LogP contribution >= 0.6 is 0 Å². The third-order valence-corrected chi connectivity index (χ3v) is 6.76. The minimum absolute atomic E-state index is 0.0335. The lowest BCUT2D eigenvalue weighted by Crippen LogP contribution is -2.47. The van der Waals surface area contributed by atoms with E-state index in [-0.39, 0.29) is 31.8 Å². The van der Waals surface area contributed by atoms with Crippen LogP contribution in [0.1, 0.15) is 49.5 Å². The predicted octanol–water partition coefficient (Wildman–Crippen LogP) is 5.05. The van der Waals surface area contributed by atoms with E-state index in [2.05, 4.69) is 4.99 Å². The van der Waals surface area contributed by atoms with Crippen molar-refractivity contribution >= 4 is 11.9 Å². The number of cyclic esters (lactones) is 1. The minimum Gasteiger partial charge on any atom is -0.439 e. The van der Waals surface area contributed by atoms with E-state index < -0.39 is 47.3 Å². The molecule has 2 saturated heterocycles. The minimum atomic E-state index is -5.02. The van der Waals surface area contributed by atoms with Crippen LogP contribution in [0.15, 0.2) is 34.8 Å². The number of carbonyl (C=O) groups excluding carboxylic acids is 1. The maximum absolute atomic E-state index is 13.4. The van der Waals surface area contributed by atoms with Gasteiger partial charge in [-0.2, -0.15) is 26.3 Å². The summed E-state index contributed by atoms with van der Waals surface area (Å²) in [6.07, 6.45) is -9.13. The Kier molecular flexibility index (Phi) is 9.34. The first-order valence-corrected chi connectivity index (χ1v) is 12.2. The summed E-state index contributed by atoms with van der Waals surface area (Å²) in [6, 6.07) is 0.352. The van der Waals surface area contributed by atoms with Gasteiger partial charge in [-0.3, -0.25) is 9.89 Å². The summed E-state index contributed by atoms with van der Waals surface area (Å²) in [5, 5.41) is 9.66. The van der Waals surface area contributed by atoms with Crippen molar-refractivity contribution in [2.75, 3.05) is 40.0 Å². The number of hydrogen-bond donors (Lipinski definition) is 1. The number of carbonyl (C=O) groups is 1. The van der Waals surface area contributed by atoms with Crippen LogP contribution in [0.5, 0.6) is 0 Å². The molecule has 0 saturated carbocycles. The number of alkyl halides is 6. The van der Waals surface area contributed by atoms with Crippen molar-refractivity contribution in [1.29, 1.82) is 0 Å². The van der Waals surface area contributed by atoms with Gasteiger partial charge in [-0.05, 0) is 50.5 Å². The van der Waals surface area contributed by atoms with Crippen molar-refractivity contribution < 1.29 is 45.7 Å².